The van der Waals surface area contributed by atoms with Gasteiger partial charge in [-0.3, -0.25) is 4.21 Å². The molecule has 0 saturated heterocycles. The van der Waals surface area contributed by atoms with Crippen LogP contribution >= 0.6 is 0 Å². The fourth-order valence-corrected chi connectivity index (χ4v) is 3.35. The lowest BCUT2D eigenvalue weighted by Crippen LogP contribution is -2.48. The van der Waals surface area contributed by atoms with Gasteiger partial charge < -0.3 is 10.6 Å². The van der Waals surface area contributed by atoms with Gasteiger partial charge in [-0.15, -0.1) is 0 Å². The first-order chi connectivity index (χ1) is 10.4. The van der Waals surface area contributed by atoms with Gasteiger partial charge in [0.2, 0.25) is 0 Å². The molecule has 1 aromatic carbocycles. The molecule has 0 aliphatic rings. The van der Waals surface area contributed by atoms with E-state index in [0.29, 0.717) is 5.75 Å². The van der Waals surface area contributed by atoms with Crippen LogP contribution in [0.1, 0.15) is 51.2 Å². The zero-order chi connectivity index (χ0) is 16.8. The highest BCUT2D eigenvalue weighted by molar-refractivity contribution is 7.83. The molecule has 0 aromatic heterocycles. The molecular weight excluding hydrogens is 296 g/mol. The molecule has 0 bridgehead atoms. The maximum absolute atomic E-state index is 12.3. The van der Waals surface area contributed by atoms with Crippen molar-refractivity contribution < 1.29 is 9.00 Å². The Hall–Kier alpha value is -1.36. The van der Waals surface area contributed by atoms with E-state index in [1.165, 1.54) is 0 Å². The third-order valence-electron chi connectivity index (χ3n) is 4.46. The molecule has 5 heteroatoms. The molecule has 22 heavy (non-hydrogen) atoms. The Kier molecular flexibility index (Phi) is 7.07. The summed E-state index contributed by atoms with van der Waals surface area (Å²) >= 11 is 0. The zero-order valence-electron chi connectivity index (χ0n) is 14.3. The van der Waals surface area contributed by atoms with Crippen molar-refractivity contribution in [2.45, 2.75) is 58.2 Å². The lowest BCUT2D eigenvalue weighted by Gasteiger charge is -2.31. The molecule has 4 nitrogen and oxygen atoms in total. The van der Waals surface area contributed by atoms with Crippen LogP contribution in [0.25, 0.3) is 0 Å². The van der Waals surface area contributed by atoms with Crippen molar-refractivity contribution in [2.24, 2.45) is 0 Å². The van der Waals surface area contributed by atoms with E-state index in [9.17, 15) is 9.00 Å². The van der Waals surface area contributed by atoms with E-state index in [1.807, 2.05) is 25.1 Å². The Labute approximate surface area is 136 Å². The number of anilines is 1. The lowest BCUT2D eigenvalue weighted by molar-refractivity contribution is 0.229. The van der Waals surface area contributed by atoms with Gasteiger partial charge in [0.1, 0.15) is 0 Å². The van der Waals surface area contributed by atoms with E-state index >= 15 is 0 Å². The van der Waals surface area contributed by atoms with Crippen LogP contribution < -0.4 is 10.6 Å². The molecule has 2 amide bonds. The smallest absolute Gasteiger partial charge is 0.319 e. The van der Waals surface area contributed by atoms with Crippen molar-refractivity contribution >= 4 is 22.5 Å². The van der Waals surface area contributed by atoms with Crippen molar-refractivity contribution in [2.75, 3.05) is 11.6 Å². The molecule has 0 aliphatic heterocycles. The van der Waals surface area contributed by atoms with E-state index in [1.54, 1.807) is 6.26 Å². The van der Waals surface area contributed by atoms with Crippen LogP contribution in [-0.2, 0) is 16.6 Å². The minimum atomic E-state index is -0.896. The predicted octanol–water partition coefficient (Wildman–Crippen LogP) is 3.96. The van der Waals surface area contributed by atoms with Crippen molar-refractivity contribution in [1.82, 2.24) is 5.32 Å². The summed E-state index contributed by atoms with van der Waals surface area (Å²) in [5.74, 6) is 0.506. The molecule has 0 heterocycles. The van der Waals surface area contributed by atoms with Crippen LogP contribution in [-0.4, -0.2) is 22.0 Å². The van der Waals surface area contributed by atoms with Gasteiger partial charge in [-0.05, 0) is 43.4 Å². The molecule has 0 fully saturated rings. The highest BCUT2D eigenvalue weighted by Crippen LogP contribution is 2.22. The van der Waals surface area contributed by atoms with Crippen molar-refractivity contribution in [3.05, 3.63) is 29.3 Å². The van der Waals surface area contributed by atoms with Crippen LogP contribution in [0.5, 0.6) is 0 Å². The standard InChI is InChI=1S/C17H28N2O2S/c1-6-17(7-2,8-3)19-16(20)18-15-11-9-10-14(13(15)4)12-22(5)21/h9-11H,6-8,12H2,1-5H3,(H2,18,19,20). The third-order valence-corrected chi connectivity index (χ3v) is 5.18. The van der Waals surface area contributed by atoms with Crippen LogP contribution in [0.15, 0.2) is 18.2 Å². The highest BCUT2D eigenvalue weighted by Gasteiger charge is 2.25. The van der Waals surface area contributed by atoms with Gasteiger partial charge in [0.25, 0.3) is 0 Å². The average molecular weight is 324 g/mol. The summed E-state index contributed by atoms with van der Waals surface area (Å²) in [7, 11) is -0.896. The quantitative estimate of drug-likeness (QED) is 0.797. The molecule has 0 spiro atoms. The summed E-state index contributed by atoms with van der Waals surface area (Å²) in [5, 5.41) is 6.04. The Balaban J connectivity index is 2.86. The largest absolute Gasteiger partial charge is 0.332 e. The Morgan fingerprint density at radius 2 is 1.77 bits per heavy atom. The van der Waals surface area contributed by atoms with Crippen molar-refractivity contribution in [1.29, 1.82) is 0 Å². The number of rotatable bonds is 7. The SMILES string of the molecule is CCC(CC)(CC)NC(=O)Nc1cccc(CS(C)=O)c1C. The normalized spacial score (nSPS) is 12.8. The summed E-state index contributed by atoms with van der Waals surface area (Å²) in [6.07, 6.45) is 4.40. The fourth-order valence-electron chi connectivity index (χ4n) is 2.60. The van der Waals surface area contributed by atoms with Gasteiger partial charge in [0.15, 0.2) is 0 Å². The van der Waals surface area contributed by atoms with Gasteiger partial charge >= 0.3 is 6.03 Å². The molecule has 124 valence electrons. The molecule has 0 saturated carbocycles. The monoisotopic (exact) mass is 324 g/mol. The van der Waals surface area contributed by atoms with Gasteiger partial charge in [-0.1, -0.05) is 32.9 Å². The minimum absolute atomic E-state index is 0.152. The van der Waals surface area contributed by atoms with E-state index < -0.39 is 10.8 Å². The summed E-state index contributed by atoms with van der Waals surface area (Å²) in [6, 6.07) is 5.54. The fraction of sp³-hybridized carbons (Fsp3) is 0.588. The number of amides is 2. The van der Waals surface area contributed by atoms with E-state index in [2.05, 4.69) is 31.4 Å². The number of urea groups is 1. The molecule has 2 N–H and O–H groups in total. The summed E-state index contributed by atoms with van der Waals surface area (Å²) in [6.45, 7) is 8.23. The zero-order valence-corrected chi connectivity index (χ0v) is 15.1. The Morgan fingerprint density at radius 3 is 2.27 bits per heavy atom. The maximum Gasteiger partial charge on any atom is 0.319 e. The molecule has 0 aliphatic carbocycles. The molecule has 1 atom stereocenters. The Bertz CT molecular complexity index is 531. The first-order valence-electron chi connectivity index (χ1n) is 7.85. The van der Waals surface area contributed by atoms with Crippen LogP contribution in [0.4, 0.5) is 10.5 Å². The molecular formula is C17H28N2O2S. The summed E-state index contributed by atoms with van der Waals surface area (Å²) in [5.41, 5.74) is 2.60. The topological polar surface area (TPSA) is 58.2 Å². The third kappa shape index (κ3) is 4.83. The van der Waals surface area contributed by atoms with E-state index in [0.717, 1.165) is 36.1 Å². The van der Waals surface area contributed by atoms with Gasteiger partial charge in [-0.2, -0.15) is 0 Å². The first-order valence-corrected chi connectivity index (χ1v) is 9.57. The number of hydrogen-bond acceptors (Lipinski definition) is 2. The number of hydrogen-bond donors (Lipinski definition) is 2. The second-order valence-corrected chi connectivity index (χ2v) is 7.16. The van der Waals surface area contributed by atoms with Crippen molar-refractivity contribution in [3.63, 3.8) is 0 Å². The lowest BCUT2D eigenvalue weighted by atomic mass is 9.90. The van der Waals surface area contributed by atoms with Gasteiger partial charge in [0, 0.05) is 34.0 Å². The van der Waals surface area contributed by atoms with Crippen molar-refractivity contribution in [3.8, 4) is 0 Å². The number of carbonyl (C=O) groups is 1. The Morgan fingerprint density at radius 1 is 1.18 bits per heavy atom. The number of carbonyl (C=O) groups excluding carboxylic acids is 1. The average Bonchev–Trinajstić information content (AvgIpc) is 2.48. The van der Waals surface area contributed by atoms with Crippen LogP contribution in [0.3, 0.4) is 0 Å². The highest BCUT2D eigenvalue weighted by atomic mass is 32.2. The van der Waals surface area contributed by atoms with E-state index in [4.69, 9.17) is 0 Å². The second-order valence-electron chi connectivity index (χ2n) is 5.73. The number of nitrogens with one attached hydrogen (secondary N) is 2. The number of benzene rings is 1. The summed E-state index contributed by atoms with van der Waals surface area (Å²) in [4.78, 5) is 12.3. The first kappa shape index (κ1) is 18.7. The molecule has 0 radical (unpaired) electrons. The van der Waals surface area contributed by atoms with Crippen LogP contribution in [0.2, 0.25) is 0 Å². The molecule has 1 unspecified atom stereocenters. The van der Waals surface area contributed by atoms with E-state index in [-0.39, 0.29) is 11.6 Å². The minimum Gasteiger partial charge on any atom is -0.332 e. The predicted molar refractivity (Wildman–Crippen MR) is 94.7 cm³/mol. The maximum atomic E-state index is 12.3. The summed E-state index contributed by atoms with van der Waals surface area (Å²) < 4.78 is 11.4. The van der Waals surface area contributed by atoms with Gasteiger partial charge in [0.05, 0.1) is 0 Å². The second kappa shape index (κ2) is 8.32. The van der Waals surface area contributed by atoms with Gasteiger partial charge in [-0.25, -0.2) is 4.79 Å². The molecule has 1 rings (SSSR count). The van der Waals surface area contributed by atoms with Crippen LogP contribution in [0, 0.1) is 6.92 Å². The molecule has 1 aromatic rings.